The third-order valence-electron chi connectivity index (χ3n) is 6.33. The third kappa shape index (κ3) is 4.05. The average Bonchev–Trinajstić information content (AvgIpc) is 3.75. The molecule has 6 heteroatoms. The molecule has 3 aromatic heterocycles. The molecule has 0 aliphatic heterocycles. The van der Waals surface area contributed by atoms with Gasteiger partial charge in [-0.05, 0) is 56.2 Å². The molecule has 0 unspecified atom stereocenters. The Kier molecular flexibility index (Phi) is 4.78. The van der Waals surface area contributed by atoms with Crippen molar-refractivity contribution in [2.45, 2.75) is 51.0 Å². The van der Waals surface area contributed by atoms with Gasteiger partial charge in [-0.15, -0.1) is 0 Å². The molecule has 6 nitrogen and oxygen atoms in total. The molecule has 0 saturated heterocycles. The number of aromatic nitrogens is 4. The van der Waals surface area contributed by atoms with E-state index in [1.807, 2.05) is 42.6 Å². The minimum Gasteiger partial charge on any atom is -0.366 e. The molecule has 2 aliphatic rings. The van der Waals surface area contributed by atoms with Crippen LogP contribution in [-0.4, -0.2) is 31.8 Å². The normalized spacial score (nSPS) is 15.9. The van der Waals surface area contributed by atoms with Gasteiger partial charge in [0.25, 0.3) is 0 Å². The first-order chi connectivity index (χ1) is 15.7. The summed E-state index contributed by atoms with van der Waals surface area (Å²) in [5.74, 6) is 2.56. The number of aryl methyl sites for hydroxylation is 1. The second kappa shape index (κ2) is 7.93. The number of Topliss-reactive ketones (excluding diaryl/α,β-unsaturated/α-hetero) is 1. The summed E-state index contributed by atoms with van der Waals surface area (Å²) < 4.78 is 0. The largest absolute Gasteiger partial charge is 0.366 e. The smallest absolute Gasteiger partial charge is 0.163 e. The Balaban J connectivity index is 1.35. The predicted molar refractivity (Wildman–Crippen MR) is 125 cm³/mol. The summed E-state index contributed by atoms with van der Waals surface area (Å²) >= 11 is 0. The molecular formula is C26H25N5O. The van der Waals surface area contributed by atoms with Crippen molar-refractivity contribution in [3.05, 3.63) is 65.9 Å². The van der Waals surface area contributed by atoms with Gasteiger partial charge in [0.15, 0.2) is 11.6 Å². The molecule has 32 heavy (non-hydrogen) atoms. The first kappa shape index (κ1) is 19.3. The molecule has 6 rings (SSSR count). The van der Waals surface area contributed by atoms with Gasteiger partial charge in [0.1, 0.15) is 11.3 Å². The lowest BCUT2D eigenvalue weighted by Crippen LogP contribution is -2.07. The Bertz CT molecular complexity index is 1310. The van der Waals surface area contributed by atoms with Crippen molar-refractivity contribution in [2.75, 3.05) is 5.32 Å². The highest BCUT2D eigenvalue weighted by Crippen LogP contribution is 2.34. The predicted octanol–water partition coefficient (Wildman–Crippen LogP) is 4.92. The molecule has 0 atom stereocenters. The zero-order valence-corrected chi connectivity index (χ0v) is 17.9. The van der Waals surface area contributed by atoms with Crippen LogP contribution in [0.15, 0.2) is 48.8 Å². The molecule has 0 bridgehead atoms. The average molecular weight is 424 g/mol. The van der Waals surface area contributed by atoms with Crippen LogP contribution in [-0.2, 0) is 12.8 Å². The summed E-state index contributed by atoms with van der Waals surface area (Å²) in [5, 5.41) is 5.53. The summed E-state index contributed by atoms with van der Waals surface area (Å²) in [7, 11) is 0. The number of hydrogen-bond donors (Lipinski definition) is 1. The Morgan fingerprint density at radius 3 is 2.69 bits per heavy atom. The van der Waals surface area contributed by atoms with E-state index < -0.39 is 0 Å². The second-order valence-electron chi connectivity index (χ2n) is 9.05. The van der Waals surface area contributed by atoms with E-state index in [0.29, 0.717) is 24.4 Å². The number of hydrogen-bond acceptors (Lipinski definition) is 6. The van der Waals surface area contributed by atoms with Crippen molar-refractivity contribution < 1.29 is 4.79 Å². The molecule has 3 heterocycles. The molecule has 2 saturated carbocycles. The maximum atomic E-state index is 12.9. The molecule has 2 fully saturated rings. The van der Waals surface area contributed by atoms with Gasteiger partial charge in [-0.25, -0.2) is 15.0 Å². The Labute approximate surface area is 186 Å². The van der Waals surface area contributed by atoms with E-state index >= 15 is 0 Å². The molecule has 1 N–H and O–H groups in total. The third-order valence-corrected chi connectivity index (χ3v) is 6.33. The second-order valence-corrected chi connectivity index (χ2v) is 9.05. The summed E-state index contributed by atoms with van der Waals surface area (Å²) in [5.41, 5.74) is 3.32. The van der Waals surface area contributed by atoms with E-state index in [4.69, 9.17) is 9.97 Å². The van der Waals surface area contributed by atoms with Crippen LogP contribution in [0.3, 0.4) is 0 Å². The van der Waals surface area contributed by atoms with Crippen LogP contribution >= 0.6 is 0 Å². The SMILES string of the molecule is O=C(CCc1ccccn1)c1ccc2c(c1)nc(NC1CC1)c1nc(CC3CC3)ncc12. The summed E-state index contributed by atoms with van der Waals surface area (Å²) in [4.78, 5) is 31.6. The molecule has 0 spiro atoms. The van der Waals surface area contributed by atoms with Crippen LogP contribution in [0.5, 0.6) is 0 Å². The highest BCUT2D eigenvalue weighted by Gasteiger charge is 2.25. The Hall–Kier alpha value is -3.41. The van der Waals surface area contributed by atoms with Crippen LogP contribution in [0.2, 0.25) is 0 Å². The van der Waals surface area contributed by atoms with Gasteiger partial charge in [-0.1, -0.05) is 18.2 Å². The number of anilines is 1. The highest BCUT2D eigenvalue weighted by molar-refractivity contribution is 6.10. The Morgan fingerprint density at radius 1 is 1.00 bits per heavy atom. The van der Waals surface area contributed by atoms with Gasteiger partial charge in [-0.3, -0.25) is 9.78 Å². The number of rotatable bonds is 8. The van der Waals surface area contributed by atoms with Gasteiger partial charge in [0, 0.05) is 53.3 Å². The zero-order chi connectivity index (χ0) is 21.5. The topological polar surface area (TPSA) is 80.7 Å². The first-order valence-electron chi connectivity index (χ1n) is 11.5. The van der Waals surface area contributed by atoms with Crippen LogP contribution in [0.25, 0.3) is 21.8 Å². The minimum absolute atomic E-state index is 0.104. The van der Waals surface area contributed by atoms with Gasteiger partial charge in [-0.2, -0.15) is 0 Å². The van der Waals surface area contributed by atoms with Crippen molar-refractivity contribution in [1.82, 2.24) is 19.9 Å². The number of benzene rings is 1. The van der Waals surface area contributed by atoms with Crippen LogP contribution in [0, 0.1) is 5.92 Å². The van der Waals surface area contributed by atoms with Crippen molar-refractivity contribution >= 4 is 33.4 Å². The number of nitrogens with zero attached hydrogens (tertiary/aromatic N) is 4. The number of pyridine rings is 2. The van der Waals surface area contributed by atoms with E-state index in [1.165, 1.54) is 12.8 Å². The van der Waals surface area contributed by atoms with Crippen molar-refractivity contribution in [3.8, 4) is 0 Å². The minimum atomic E-state index is 0.104. The lowest BCUT2D eigenvalue weighted by Gasteiger charge is -2.12. The molecule has 4 aromatic rings. The monoisotopic (exact) mass is 423 g/mol. The number of fused-ring (bicyclic) bond motifs is 3. The molecule has 0 amide bonds. The number of nitrogens with one attached hydrogen (secondary N) is 1. The lowest BCUT2D eigenvalue weighted by molar-refractivity contribution is 0.0982. The summed E-state index contributed by atoms with van der Waals surface area (Å²) in [6, 6.07) is 12.1. The van der Waals surface area contributed by atoms with Crippen LogP contribution in [0.1, 0.15) is 54.0 Å². The van der Waals surface area contributed by atoms with Gasteiger partial charge in [0.05, 0.1) is 5.52 Å². The van der Waals surface area contributed by atoms with Gasteiger partial charge in [0.2, 0.25) is 0 Å². The molecule has 1 aromatic carbocycles. The lowest BCUT2D eigenvalue weighted by atomic mass is 10.0. The number of carbonyl (C=O) groups is 1. The quantitative estimate of drug-likeness (QED) is 0.320. The maximum absolute atomic E-state index is 12.9. The van der Waals surface area contributed by atoms with E-state index in [9.17, 15) is 4.79 Å². The standard InChI is InChI=1S/C26H25N5O/c32-23(11-9-18-3-1-2-12-27-18)17-6-10-20-21-15-28-24(13-16-4-5-16)31-25(21)26(29-19-7-8-19)30-22(20)14-17/h1-3,6,10,12,14-16,19H,4-5,7-9,11,13H2,(H,29,30). The van der Waals surface area contributed by atoms with E-state index in [-0.39, 0.29) is 5.78 Å². The summed E-state index contributed by atoms with van der Waals surface area (Å²) in [6.45, 7) is 0. The zero-order valence-electron chi connectivity index (χ0n) is 17.9. The van der Waals surface area contributed by atoms with Crippen molar-refractivity contribution in [1.29, 1.82) is 0 Å². The fourth-order valence-corrected chi connectivity index (χ4v) is 4.13. The van der Waals surface area contributed by atoms with E-state index in [2.05, 4.69) is 15.3 Å². The van der Waals surface area contributed by atoms with Crippen LogP contribution in [0.4, 0.5) is 5.82 Å². The Morgan fingerprint density at radius 2 is 1.91 bits per heavy atom. The molecule has 160 valence electrons. The number of carbonyl (C=O) groups excluding carboxylic acids is 1. The fraction of sp³-hybridized carbons (Fsp3) is 0.346. The van der Waals surface area contributed by atoms with Crippen molar-refractivity contribution in [2.24, 2.45) is 5.92 Å². The summed E-state index contributed by atoms with van der Waals surface area (Å²) in [6.07, 6.45) is 10.6. The van der Waals surface area contributed by atoms with Crippen molar-refractivity contribution in [3.63, 3.8) is 0 Å². The molecule has 0 radical (unpaired) electrons. The highest BCUT2D eigenvalue weighted by atomic mass is 16.1. The van der Waals surface area contributed by atoms with E-state index in [1.54, 1.807) is 6.20 Å². The number of ketones is 1. The first-order valence-corrected chi connectivity index (χ1v) is 11.5. The maximum Gasteiger partial charge on any atom is 0.163 e. The molecular weight excluding hydrogens is 398 g/mol. The fourth-order valence-electron chi connectivity index (χ4n) is 4.13. The van der Waals surface area contributed by atoms with Gasteiger partial charge < -0.3 is 5.32 Å². The van der Waals surface area contributed by atoms with E-state index in [0.717, 1.165) is 64.3 Å². The molecule has 2 aliphatic carbocycles. The van der Waals surface area contributed by atoms with Crippen LogP contribution < -0.4 is 5.32 Å². The van der Waals surface area contributed by atoms with Gasteiger partial charge >= 0.3 is 0 Å².